The van der Waals surface area contributed by atoms with Crippen LogP contribution in [-0.4, -0.2) is 42.5 Å². The molecule has 6 nitrogen and oxygen atoms in total. The van der Waals surface area contributed by atoms with E-state index in [2.05, 4.69) is 23.2 Å². The van der Waals surface area contributed by atoms with E-state index in [0.29, 0.717) is 6.54 Å². The first kappa shape index (κ1) is 16.1. The molecular formula is C16H24N4O2. The van der Waals surface area contributed by atoms with Gasteiger partial charge in [-0.15, -0.1) is 0 Å². The first-order valence-corrected chi connectivity index (χ1v) is 7.59. The van der Waals surface area contributed by atoms with Gasteiger partial charge in [0.1, 0.15) is 6.04 Å². The molecule has 120 valence electrons. The number of benzene rings is 1. The first-order chi connectivity index (χ1) is 10.4. The van der Waals surface area contributed by atoms with E-state index in [1.165, 1.54) is 0 Å². The molecule has 0 saturated carbocycles. The number of hydrogen-bond acceptors (Lipinski definition) is 3. The van der Waals surface area contributed by atoms with Crippen molar-refractivity contribution in [3.05, 3.63) is 29.8 Å². The van der Waals surface area contributed by atoms with Crippen molar-refractivity contribution in [3.63, 3.8) is 0 Å². The van der Waals surface area contributed by atoms with Crippen molar-refractivity contribution in [2.45, 2.75) is 38.9 Å². The third kappa shape index (κ3) is 3.32. The molecule has 0 unspecified atom stereocenters. The van der Waals surface area contributed by atoms with Gasteiger partial charge in [-0.2, -0.15) is 0 Å². The number of primary amides is 1. The van der Waals surface area contributed by atoms with Gasteiger partial charge >= 0.3 is 6.03 Å². The highest BCUT2D eigenvalue weighted by Gasteiger charge is 2.31. The number of nitrogens with two attached hydrogens (primary N) is 1. The highest BCUT2D eigenvalue weighted by atomic mass is 16.2. The Labute approximate surface area is 131 Å². The van der Waals surface area contributed by atoms with Crippen LogP contribution in [0.25, 0.3) is 0 Å². The van der Waals surface area contributed by atoms with E-state index >= 15 is 0 Å². The van der Waals surface area contributed by atoms with Gasteiger partial charge in [-0.25, -0.2) is 4.79 Å². The predicted molar refractivity (Wildman–Crippen MR) is 86.5 cm³/mol. The van der Waals surface area contributed by atoms with E-state index in [9.17, 15) is 9.59 Å². The number of urea groups is 1. The number of anilines is 1. The molecule has 0 bridgehead atoms. The second-order valence-electron chi connectivity index (χ2n) is 5.77. The number of fused-ring (bicyclic) bond motifs is 1. The Hall–Kier alpha value is -2.24. The topological polar surface area (TPSA) is 78.7 Å². The van der Waals surface area contributed by atoms with Gasteiger partial charge in [0.05, 0.1) is 0 Å². The number of likely N-dealkylation sites (N-methyl/N-ethyl adjacent to an activating group) is 1. The molecule has 3 N–H and O–H groups in total. The largest absolute Gasteiger partial charge is 0.372 e. The molecule has 0 saturated heterocycles. The molecule has 0 radical (unpaired) electrons. The van der Waals surface area contributed by atoms with Crippen LogP contribution in [0.1, 0.15) is 25.8 Å². The quantitative estimate of drug-likeness (QED) is 0.883. The van der Waals surface area contributed by atoms with Gasteiger partial charge in [0, 0.05) is 31.9 Å². The minimum atomic E-state index is -0.679. The van der Waals surface area contributed by atoms with Gasteiger partial charge < -0.3 is 20.9 Å². The fourth-order valence-electron chi connectivity index (χ4n) is 2.97. The van der Waals surface area contributed by atoms with E-state index in [4.69, 9.17) is 5.73 Å². The summed E-state index contributed by atoms with van der Waals surface area (Å²) in [6.07, 6.45) is 0.855. The van der Waals surface area contributed by atoms with E-state index in [0.717, 1.165) is 24.2 Å². The predicted octanol–water partition coefficient (Wildman–Crippen LogP) is 1.30. The van der Waals surface area contributed by atoms with Gasteiger partial charge in [0.25, 0.3) is 0 Å². The Bertz CT molecular complexity index is 561. The zero-order chi connectivity index (χ0) is 16.3. The molecule has 22 heavy (non-hydrogen) atoms. The molecule has 0 fully saturated rings. The van der Waals surface area contributed by atoms with Crippen LogP contribution in [-0.2, 0) is 11.3 Å². The van der Waals surface area contributed by atoms with E-state index in [-0.39, 0.29) is 11.9 Å². The number of nitrogens with zero attached hydrogens (tertiary/aromatic N) is 2. The van der Waals surface area contributed by atoms with E-state index < -0.39 is 12.1 Å². The Balaban J connectivity index is 2.29. The summed E-state index contributed by atoms with van der Waals surface area (Å²) >= 11 is 0. The number of carbonyl (C=O) groups excluding carboxylic acids is 2. The van der Waals surface area contributed by atoms with Gasteiger partial charge in [0.15, 0.2) is 0 Å². The van der Waals surface area contributed by atoms with Crippen LogP contribution in [0.5, 0.6) is 0 Å². The second-order valence-corrected chi connectivity index (χ2v) is 5.77. The van der Waals surface area contributed by atoms with Crippen molar-refractivity contribution in [2.24, 2.45) is 5.73 Å². The molecule has 1 heterocycles. The van der Waals surface area contributed by atoms with Crippen LogP contribution in [0, 0.1) is 0 Å². The smallest absolute Gasteiger partial charge is 0.312 e. The molecule has 0 aromatic heterocycles. The number of para-hydroxylation sites is 1. The van der Waals surface area contributed by atoms with Gasteiger partial charge in [-0.3, -0.25) is 4.79 Å². The minimum absolute atomic E-state index is 0.0991. The van der Waals surface area contributed by atoms with Crippen molar-refractivity contribution in [2.75, 3.05) is 18.5 Å². The Kier molecular flexibility index (Phi) is 4.90. The highest BCUT2D eigenvalue weighted by Crippen LogP contribution is 2.27. The molecule has 1 aliphatic rings. The summed E-state index contributed by atoms with van der Waals surface area (Å²) in [6, 6.07) is 6.89. The maximum Gasteiger partial charge on any atom is 0.312 e. The number of carbonyl (C=O) groups is 2. The third-order valence-electron chi connectivity index (χ3n) is 4.15. The molecule has 1 aromatic carbocycles. The molecule has 2 rings (SSSR count). The third-order valence-corrected chi connectivity index (χ3v) is 4.15. The Morgan fingerprint density at radius 2 is 2.09 bits per heavy atom. The monoisotopic (exact) mass is 304 g/mol. The lowest BCUT2D eigenvalue weighted by atomic mass is 10.1. The molecule has 3 amide bonds. The molecule has 0 spiro atoms. The Morgan fingerprint density at radius 3 is 2.73 bits per heavy atom. The summed E-state index contributed by atoms with van der Waals surface area (Å²) < 4.78 is 0. The number of hydrogen-bond donors (Lipinski definition) is 2. The summed E-state index contributed by atoms with van der Waals surface area (Å²) in [7, 11) is 2.04. The molecular weight excluding hydrogens is 280 g/mol. The minimum Gasteiger partial charge on any atom is -0.372 e. The van der Waals surface area contributed by atoms with Crippen LogP contribution in [0.3, 0.4) is 0 Å². The van der Waals surface area contributed by atoms with Gasteiger partial charge in [0.2, 0.25) is 5.91 Å². The number of nitrogens with one attached hydrogen (secondary N) is 1. The fraction of sp³-hybridized carbons (Fsp3) is 0.500. The van der Waals surface area contributed by atoms with Crippen LogP contribution in [0.4, 0.5) is 10.5 Å². The average molecular weight is 304 g/mol. The van der Waals surface area contributed by atoms with Crippen molar-refractivity contribution < 1.29 is 9.59 Å². The van der Waals surface area contributed by atoms with Crippen molar-refractivity contribution in [1.82, 2.24) is 10.2 Å². The number of rotatable bonds is 3. The molecule has 1 aliphatic heterocycles. The summed E-state index contributed by atoms with van der Waals surface area (Å²) in [5.74, 6) is -0.101. The van der Waals surface area contributed by atoms with Crippen LogP contribution in [0.2, 0.25) is 0 Å². The SMILES string of the molecule is CC[C@@H]1CN(C)c2ccccc2CN1C(=O)[C@@H](C)NC(N)=O. The highest BCUT2D eigenvalue weighted by molar-refractivity contribution is 5.86. The zero-order valence-corrected chi connectivity index (χ0v) is 13.4. The maximum absolute atomic E-state index is 12.7. The van der Waals surface area contributed by atoms with Crippen LogP contribution >= 0.6 is 0 Å². The summed E-state index contributed by atoms with van der Waals surface area (Å²) in [4.78, 5) is 27.7. The van der Waals surface area contributed by atoms with Gasteiger partial charge in [-0.1, -0.05) is 25.1 Å². The van der Waals surface area contributed by atoms with Crippen molar-refractivity contribution in [1.29, 1.82) is 0 Å². The van der Waals surface area contributed by atoms with Crippen LogP contribution < -0.4 is 16.0 Å². The number of amides is 3. The van der Waals surface area contributed by atoms with E-state index in [1.54, 1.807) is 6.92 Å². The molecule has 2 atom stereocenters. The molecule has 0 aliphatic carbocycles. The van der Waals surface area contributed by atoms with Crippen molar-refractivity contribution >= 4 is 17.6 Å². The standard InChI is InChI=1S/C16H24N4O2/c1-4-13-10-19(3)14-8-6-5-7-12(14)9-20(13)15(21)11(2)18-16(17)22/h5-8,11,13H,4,9-10H2,1-3H3,(H3,17,18,22)/t11-,13-/m1/s1. The van der Waals surface area contributed by atoms with Gasteiger partial charge in [-0.05, 0) is 25.0 Å². The fourth-order valence-corrected chi connectivity index (χ4v) is 2.97. The molecule has 1 aromatic rings. The lowest BCUT2D eigenvalue weighted by Gasteiger charge is -2.32. The van der Waals surface area contributed by atoms with Crippen LogP contribution in [0.15, 0.2) is 24.3 Å². The Morgan fingerprint density at radius 1 is 1.41 bits per heavy atom. The molecule has 6 heteroatoms. The first-order valence-electron chi connectivity index (χ1n) is 7.59. The average Bonchev–Trinajstić information content (AvgIpc) is 2.63. The summed E-state index contributed by atoms with van der Waals surface area (Å²) in [5.41, 5.74) is 7.39. The summed E-state index contributed by atoms with van der Waals surface area (Å²) in [6.45, 7) is 5.05. The lowest BCUT2D eigenvalue weighted by Crippen LogP contribution is -2.52. The lowest BCUT2D eigenvalue weighted by molar-refractivity contribution is -0.135. The van der Waals surface area contributed by atoms with E-state index in [1.807, 2.05) is 30.1 Å². The second kappa shape index (κ2) is 6.68. The zero-order valence-electron chi connectivity index (χ0n) is 13.4. The normalized spacial score (nSPS) is 19.1. The van der Waals surface area contributed by atoms with Crippen molar-refractivity contribution in [3.8, 4) is 0 Å². The summed E-state index contributed by atoms with van der Waals surface area (Å²) in [5, 5.41) is 2.47. The maximum atomic E-state index is 12.7.